The van der Waals surface area contributed by atoms with E-state index in [0.717, 1.165) is 5.75 Å². The lowest BCUT2D eigenvalue weighted by molar-refractivity contribution is 0.298. The maximum Gasteiger partial charge on any atom is 0.119 e. The molecule has 3 aromatic rings. The topological polar surface area (TPSA) is 9.23 Å². The molecule has 0 amide bonds. The lowest BCUT2D eigenvalue weighted by Crippen LogP contribution is -2.18. The van der Waals surface area contributed by atoms with Crippen molar-refractivity contribution in [3.05, 3.63) is 90.0 Å². The number of ether oxygens (including phenoxy) is 1. The number of benzene rings is 3. The monoisotopic (exact) mass is 372 g/mol. The third kappa shape index (κ3) is 5.25. The van der Waals surface area contributed by atoms with Crippen LogP contribution in [0.15, 0.2) is 78.9 Å². The molecule has 0 aliphatic carbocycles. The van der Waals surface area contributed by atoms with Crippen molar-refractivity contribution >= 4 is 0 Å². The number of hydrogen-bond donors (Lipinski definition) is 0. The van der Waals surface area contributed by atoms with E-state index in [1.807, 2.05) is 6.07 Å². The maximum absolute atomic E-state index is 6.02. The summed E-state index contributed by atoms with van der Waals surface area (Å²) >= 11 is 0. The summed E-state index contributed by atoms with van der Waals surface area (Å²) in [6.07, 6.45) is 2.43. The van der Waals surface area contributed by atoms with Gasteiger partial charge in [0.2, 0.25) is 0 Å². The first-order chi connectivity index (χ1) is 13.5. The summed E-state index contributed by atoms with van der Waals surface area (Å²) < 4.78 is 6.02. The third-order valence-corrected chi connectivity index (χ3v) is 5.37. The van der Waals surface area contributed by atoms with Crippen LogP contribution in [0.4, 0.5) is 0 Å². The van der Waals surface area contributed by atoms with Gasteiger partial charge >= 0.3 is 0 Å². The van der Waals surface area contributed by atoms with Crippen LogP contribution in [0.5, 0.6) is 5.75 Å². The van der Waals surface area contributed by atoms with Gasteiger partial charge in [0.1, 0.15) is 12.4 Å². The van der Waals surface area contributed by atoms with Gasteiger partial charge in [0.15, 0.2) is 0 Å². The van der Waals surface area contributed by atoms with Crippen molar-refractivity contribution in [2.75, 3.05) is 0 Å². The second kappa shape index (κ2) is 9.10. The molecule has 0 aromatic heterocycles. The minimum atomic E-state index is 0.277. The molecule has 1 unspecified atom stereocenters. The van der Waals surface area contributed by atoms with Gasteiger partial charge in [0, 0.05) is 0 Å². The van der Waals surface area contributed by atoms with Gasteiger partial charge in [-0.1, -0.05) is 101 Å². The molecule has 0 heterocycles. The van der Waals surface area contributed by atoms with E-state index in [-0.39, 0.29) is 5.41 Å². The summed E-state index contributed by atoms with van der Waals surface area (Å²) in [5.74, 6) is 1.51. The van der Waals surface area contributed by atoms with Crippen molar-refractivity contribution in [2.45, 2.75) is 53.1 Å². The summed E-state index contributed by atoms with van der Waals surface area (Å²) in [6.45, 7) is 9.84. The van der Waals surface area contributed by atoms with E-state index in [4.69, 9.17) is 4.74 Å². The first-order valence-corrected chi connectivity index (χ1v) is 10.3. The van der Waals surface area contributed by atoms with Gasteiger partial charge in [-0.25, -0.2) is 0 Å². The van der Waals surface area contributed by atoms with Crippen LogP contribution in [-0.2, 0) is 6.61 Å². The molecule has 0 spiro atoms. The van der Waals surface area contributed by atoms with Crippen LogP contribution in [0, 0.1) is 5.41 Å². The summed E-state index contributed by atoms with van der Waals surface area (Å²) in [6, 6.07) is 27.8. The highest BCUT2D eigenvalue weighted by Crippen LogP contribution is 2.39. The molecular weight excluding hydrogens is 340 g/mol. The quantitative estimate of drug-likeness (QED) is 0.410. The predicted octanol–water partition coefficient (Wildman–Crippen LogP) is 7.86. The smallest absolute Gasteiger partial charge is 0.119 e. The van der Waals surface area contributed by atoms with Crippen LogP contribution < -0.4 is 4.74 Å². The van der Waals surface area contributed by atoms with Crippen molar-refractivity contribution in [3.63, 3.8) is 0 Å². The van der Waals surface area contributed by atoms with Crippen molar-refractivity contribution in [1.82, 2.24) is 0 Å². The van der Waals surface area contributed by atoms with Crippen LogP contribution in [0.2, 0.25) is 0 Å². The van der Waals surface area contributed by atoms with Crippen molar-refractivity contribution in [2.24, 2.45) is 5.41 Å². The predicted molar refractivity (Wildman–Crippen MR) is 120 cm³/mol. The summed E-state index contributed by atoms with van der Waals surface area (Å²) in [5.41, 5.74) is 5.35. The number of hydrogen-bond acceptors (Lipinski definition) is 1. The molecule has 28 heavy (non-hydrogen) atoms. The Balaban J connectivity index is 1.62. The minimum absolute atomic E-state index is 0.277. The largest absolute Gasteiger partial charge is 0.489 e. The zero-order chi connectivity index (χ0) is 20.0. The maximum atomic E-state index is 6.02. The SMILES string of the molecule is CCCC(c1ccc(OCc2ccc(-c3ccccc3)cc2)cc1)C(C)(C)C. The first-order valence-electron chi connectivity index (χ1n) is 10.3. The molecule has 0 saturated heterocycles. The summed E-state index contributed by atoms with van der Waals surface area (Å²) in [4.78, 5) is 0. The first kappa shape index (κ1) is 20.2. The van der Waals surface area contributed by atoms with Gasteiger partial charge in [-0.3, -0.25) is 0 Å². The van der Waals surface area contributed by atoms with E-state index in [9.17, 15) is 0 Å². The van der Waals surface area contributed by atoms with Gasteiger partial charge in [-0.15, -0.1) is 0 Å². The van der Waals surface area contributed by atoms with Gasteiger partial charge in [0.25, 0.3) is 0 Å². The lowest BCUT2D eigenvalue weighted by atomic mass is 9.74. The molecule has 0 saturated carbocycles. The lowest BCUT2D eigenvalue weighted by Gasteiger charge is -2.31. The zero-order valence-electron chi connectivity index (χ0n) is 17.6. The van der Waals surface area contributed by atoms with Gasteiger partial charge in [-0.05, 0) is 52.1 Å². The second-order valence-corrected chi connectivity index (χ2v) is 8.63. The van der Waals surface area contributed by atoms with E-state index in [1.54, 1.807) is 0 Å². The minimum Gasteiger partial charge on any atom is -0.489 e. The Kier molecular flexibility index (Phi) is 6.57. The molecule has 1 nitrogen and oxygen atoms in total. The molecule has 3 aromatic carbocycles. The van der Waals surface area contributed by atoms with Crippen molar-refractivity contribution < 1.29 is 4.74 Å². The van der Waals surface area contributed by atoms with Crippen molar-refractivity contribution in [1.29, 1.82) is 0 Å². The third-order valence-electron chi connectivity index (χ3n) is 5.37. The van der Waals surface area contributed by atoms with Crippen LogP contribution in [0.3, 0.4) is 0 Å². The van der Waals surface area contributed by atoms with E-state index >= 15 is 0 Å². The summed E-state index contributed by atoms with van der Waals surface area (Å²) in [7, 11) is 0. The van der Waals surface area contributed by atoms with Crippen LogP contribution >= 0.6 is 0 Å². The number of rotatable bonds is 7. The second-order valence-electron chi connectivity index (χ2n) is 8.63. The van der Waals surface area contributed by atoms with Gasteiger partial charge in [-0.2, -0.15) is 0 Å². The molecule has 3 rings (SSSR count). The molecule has 0 radical (unpaired) electrons. The van der Waals surface area contributed by atoms with Crippen molar-refractivity contribution in [3.8, 4) is 16.9 Å². The molecule has 1 heteroatoms. The standard InChI is InChI=1S/C27H32O/c1-5-9-26(27(2,3)4)24-16-18-25(19-17-24)28-20-21-12-14-23(15-13-21)22-10-7-6-8-11-22/h6-8,10-19,26H,5,9,20H2,1-4H3. The molecule has 0 aliphatic rings. The average Bonchev–Trinajstić information content (AvgIpc) is 2.71. The zero-order valence-corrected chi connectivity index (χ0v) is 17.6. The molecule has 0 N–H and O–H groups in total. The van der Waals surface area contributed by atoms with E-state index in [2.05, 4.69) is 100 Å². The van der Waals surface area contributed by atoms with E-state index in [1.165, 1.54) is 35.1 Å². The molecule has 1 atom stereocenters. The van der Waals surface area contributed by atoms with Crippen LogP contribution in [-0.4, -0.2) is 0 Å². The molecular formula is C27H32O. The highest BCUT2D eigenvalue weighted by molar-refractivity contribution is 5.63. The van der Waals surface area contributed by atoms with E-state index < -0.39 is 0 Å². The molecule has 146 valence electrons. The Morgan fingerprint density at radius 2 is 1.36 bits per heavy atom. The fourth-order valence-corrected chi connectivity index (χ4v) is 3.78. The highest BCUT2D eigenvalue weighted by atomic mass is 16.5. The Bertz CT molecular complexity index is 840. The summed E-state index contributed by atoms with van der Waals surface area (Å²) in [5, 5.41) is 0. The highest BCUT2D eigenvalue weighted by Gasteiger charge is 2.25. The molecule has 0 fully saturated rings. The van der Waals surface area contributed by atoms with Crippen LogP contribution in [0.1, 0.15) is 57.6 Å². The average molecular weight is 373 g/mol. The molecule has 0 aliphatic heterocycles. The van der Waals surface area contributed by atoms with Gasteiger partial charge < -0.3 is 4.74 Å². The fourth-order valence-electron chi connectivity index (χ4n) is 3.78. The Hall–Kier alpha value is -2.54. The fraction of sp³-hybridized carbons (Fsp3) is 0.333. The Labute approximate surface area is 170 Å². The van der Waals surface area contributed by atoms with Gasteiger partial charge in [0.05, 0.1) is 0 Å². The van der Waals surface area contributed by atoms with E-state index in [0.29, 0.717) is 12.5 Å². The Morgan fingerprint density at radius 1 is 0.750 bits per heavy atom. The molecule has 0 bridgehead atoms. The van der Waals surface area contributed by atoms with Crippen LogP contribution in [0.25, 0.3) is 11.1 Å². The normalized spacial score (nSPS) is 12.6. The Morgan fingerprint density at radius 3 is 1.93 bits per heavy atom.